The van der Waals surface area contributed by atoms with Gasteiger partial charge in [0, 0.05) is 5.92 Å². The Kier molecular flexibility index (Phi) is 5.19. The van der Waals surface area contributed by atoms with Gasteiger partial charge in [0.05, 0.1) is 0 Å². The molecule has 1 heteroatoms. The van der Waals surface area contributed by atoms with Crippen LogP contribution in [0.25, 0.3) is 0 Å². The molecule has 2 unspecified atom stereocenters. The molecule has 0 fully saturated rings. The first-order valence-electron chi connectivity index (χ1n) is 4.95. The van der Waals surface area contributed by atoms with Crippen molar-refractivity contribution in [3.05, 3.63) is 0 Å². The average molecular weight is 170 g/mol. The van der Waals surface area contributed by atoms with Gasteiger partial charge in [0.25, 0.3) is 0 Å². The summed E-state index contributed by atoms with van der Waals surface area (Å²) >= 11 is 0. The van der Waals surface area contributed by atoms with Crippen LogP contribution in [0, 0.1) is 17.8 Å². The molecule has 72 valence electrons. The Hall–Kier alpha value is -0.330. The summed E-state index contributed by atoms with van der Waals surface area (Å²) in [4.78, 5) is 10.9. The predicted octanol–water partition coefficient (Wildman–Crippen LogP) is 3.28. The largest absolute Gasteiger partial charge is 0.300 e. The van der Waals surface area contributed by atoms with E-state index in [0.29, 0.717) is 5.78 Å². The minimum atomic E-state index is 0.256. The monoisotopic (exact) mass is 170 g/mol. The van der Waals surface area contributed by atoms with Gasteiger partial charge < -0.3 is 0 Å². The first-order chi connectivity index (χ1) is 5.45. The van der Waals surface area contributed by atoms with Crippen molar-refractivity contribution in [2.24, 2.45) is 17.8 Å². The molecule has 0 N–H and O–H groups in total. The molecule has 0 aliphatic rings. The number of rotatable bonds is 5. The molecule has 0 aliphatic carbocycles. The first-order valence-corrected chi connectivity index (χ1v) is 4.95. The molecular formula is C11H22O. The lowest BCUT2D eigenvalue weighted by Crippen LogP contribution is -2.10. The molecule has 12 heavy (non-hydrogen) atoms. The molecule has 0 aliphatic heterocycles. The third-order valence-electron chi connectivity index (χ3n) is 2.89. The van der Waals surface area contributed by atoms with Gasteiger partial charge in [0.2, 0.25) is 0 Å². The molecule has 0 amide bonds. The Bertz CT molecular complexity index is 138. The van der Waals surface area contributed by atoms with E-state index < -0.39 is 0 Å². The third-order valence-corrected chi connectivity index (χ3v) is 2.89. The lowest BCUT2D eigenvalue weighted by molar-refractivity contribution is -0.120. The molecule has 0 aromatic carbocycles. The number of Topliss-reactive ketones (excluding diaryl/α,β-unsaturated/α-hetero) is 1. The molecule has 0 heterocycles. The highest BCUT2D eigenvalue weighted by Crippen LogP contribution is 2.19. The fourth-order valence-electron chi connectivity index (χ4n) is 1.05. The SMILES string of the molecule is CC(=O)C(C)CCC(C)C(C)C. The van der Waals surface area contributed by atoms with Gasteiger partial charge in [-0.2, -0.15) is 0 Å². The van der Waals surface area contributed by atoms with E-state index in [-0.39, 0.29) is 5.92 Å². The lowest BCUT2D eigenvalue weighted by Gasteiger charge is -2.16. The normalized spacial score (nSPS) is 16.2. The number of carbonyl (C=O) groups excluding carboxylic acids is 1. The fourth-order valence-corrected chi connectivity index (χ4v) is 1.05. The van der Waals surface area contributed by atoms with Crippen molar-refractivity contribution in [1.29, 1.82) is 0 Å². The lowest BCUT2D eigenvalue weighted by atomic mass is 9.89. The second kappa shape index (κ2) is 5.34. The Labute approximate surface area is 76.6 Å². The van der Waals surface area contributed by atoms with E-state index in [1.54, 1.807) is 6.92 Å². The second-order valence-corrected chi connectivity index (χ2v) is 4.31. The molecule has 0 radical (unpaired) electrons. The van der Waals surface area contributed by atoms with Crippen LogP contribution in [0.5, 0.6) is 0 Å². The second-order valence-electron chi connectivity index (χ2n) is 4.31. The minimum absolute atomic E-state index is 0.256. The summed E-state index contributed by atoms with van der Waals surface area (Å²) in [5.74, 6) is 2.06. The van der Waals surface area contributed by atoms with Crippen molar-refractivity contribution >= 4 is 5.78 Å². The maximum absolute atomic E-state index is 10.9. The molecule has 0 aromatic rings. The highest BCUT2D eigenvalue weighted by molar-refractivity contribution is 5.77. The molecule has 0 spiro atoms. The summed E-state index contributed by atoms with van der Waals surface area (Å²) in [6.07, 6.45) is 2.23. The van der Waals surface area contributed by atoms with Crippen molar-refractivity contribution < 1.29 is 4.79 Å². The van der Waals surface area contributed by atoms with Crippen LogP contribution in [0.1, 0.15) is 47.5 Å². The number of ketones is 1. The smallest absolute Gasteiger partial charge is 0.132 e. The predicted molar refractivity (Wildman–Crippen MR) is 53.1 cm³/mol. The van der Waals surface area contributed by atoms with Crippen LogP contribution < -0.4 is 0 Å². The van der Waals surface area contributed by atoms with Crippen LogP contribution in [-0.4, -0.2) is 5.78 Å². The van der Waals surface area contributed by atoms with Crippen LogP contribution >= 0.6 is 0 Å². The summed E-state index contributed by atoms with van der Waals surface area (Å²) < 4.78 is 0. The number of hydrogen-bond acceptors (Lipinski definition) is 1. The van der Waals surface area contributed by atoms with E-state index in [1.807, 2.05) is 6.92 Å². The van der Waals surface area contributed by atoms with E-state index in [9.17, 15) is 4.79 Å². The van der Waals surface area contributed by atoms with Crippen molar-refractivity contribution in [3.63, 3.8) is 0 Å². The van der Waals surface area contributed by atoms with Gasteiger partial charge in [-0.15, -0.1) is 0 Å². The van der Waals surface area contributed by atoms with E-state index in [4.69, 9.17) is 0 Å². The summed E-state index contributed by atoms with van der Waals surface area (Å²) in [5.41, 5.74) is 0. The highest BCUT2D eigenvalue weighted by atomic mass is 16.1. The van der Waals surface area contributed by atoms with Crippen molar-refractivity contribution in [1.82, 2.24) is 0 Å². The fraction of sp³-hybridized carbons (Fsp3) is 0.909. The Balaban J connectivity index is 3.61. The Morgan fingerprint density at radius 3 is 1.92 bits per heavy atom. The van der Waals surface area contributed by atoms with Crippen molar-refractivity contribution in [2.75, 3.05) is 0 Å². The van der Waals surface area contributed by atoms with E-state index >= 15 is 0 Å². The topological polar surface area (TPSA) is 17.1 Å². The van der Waals surface area contributed by atoms with Crippen molar-refractivity contribution in [2.45, 2.75) is 47.5 Å². The molecule has 2 atom stereocenters. The Morgan fingerprint density at radius 2 is 1.58 bits per heavy atom. The molecule has 0 rings (SSSR count). The van der Waals surface area contributed by atoms with Gasteiger partial charge in [0.1, 0.15) is 5.78 Å². The quantitative estimate of drug-likeness (QED) is 0.619. The van der Waals surface area contributed by atoms with Crippen molar-refractivity contribution in [3.8, 4) is 0 Å². The van der Waals surface area contributed by atoms with E-state index in [0.717, 1.165) is 18.3 Å². The number of carbonyl (C=O) groups is 1. The first kappa shape index (κ1) is 11.7. The van der Waals surface area contributed by atoms with Crippen LogP contribution in [0.15, 0.2) is 0 Å². The van der Waals surface area contributed by atoms with Gasteiger partial charge >= 0.3 is 0 Å². The molecular weight excluding hydrogens is 148 g/mol. The average Bonchev–Trinajstić information content (AvgIpc) is 1.98. The van der Waals surface area contributed by atoms with Crippen LogP contribution in [-0.2, 0) is 4.79 Å². The molecule has 0 bridgehead atoms. The minimum Gasteiger partial charge on any atom is -0.300 e. The standard InChI is InChI=1S/C11H22O/c1-8(2)9(3)6-7-10(4)11(5)12/h8-10H,6-7H2,1-5H3. The van der Waals surface area contributed by atoms with Crippen LogP contribution in [0.3, 0.4) is 0 Å². The van der Waals surface area contributed by atoms with Gasteiger partial charge in [-0.25, -0.2) is 0 Å². The highest BCUT2D eigenvalue weighted by Gasteiger charge is 2.11. The van der Waals surface area contributed by atoms with Gasteiger partial charge in [-0.05, 0) is 31.6 Å². The summed E-state index contributed by atoms with van der Waals surface area (Å²) in [7, 11) is 0. The zero-order chi connectivity index (χ0) is 9.72. The van der Waals surface area contributed by atoms with Crippen LogP contribution in [0.4, 0.5) is 0 Å². The third kappa shape index (κ3) is 4.53. The Morgan fingerprint density at radius 1 is 1.08 bits per heavy atom. The van der Waals surface area contributed by atoms with Gasteiger partial charge in [-0.1, -0.05) is 27.7 Å². The maximum atomic E-state index is 10.9. The maximum Gasteiger partial charge on any atom is 0.132 e. The van der Waals surface area contributed by atoms with Gasteiger partial charge in [-0.3, -0.25) is 4.79 Å². The molecule has 0 saturated carbocycles. The van der Waals surface area contributed by atoms with Crippen LogP contribution in [0.2, 0.25) is 0 Å². The summed E-state index contributed by atoms with van der Waals surface area (Å²) in [5, 5.41) is 0. The van der Waals surface area contributed by atoms with E-state index in [2.05, 4.69) is 20.8 Å². The summed E-state index contributed by atoms with van der Waals surface area (Å²) in [6.45, 7) is 10.4. The zero-order valence-electron chi connectivity index (χ0n) is 9.05. The molecule has 0 aromatic heterocycles. The molecule has 0 saturated heterocycles. The van der Waals surface area contributed by atoms with Gasteiger partial charge in [0.15, 0.2) is 0 Å². The van der Waals surface area contributed by atoms with E-state index in [1.165, 1.54) is 6.42 Å². The molecule has 1 nitrogen and oxygen atoms in total. The number of hydrogen-bond donors (Lipinski definition) is 0. The summed E-state index contributed by atoms with van der Waals surface area (Å²) in [6, 6.07) is 0. The zero-order valence-corrected chi connectivity index (χ0v) is 9.05.